The third kappa shape index (κ3) is 13.2. The van der Waals surface area contributed by atoms with Gasteiger partial charge in [-0.1, -0.05) is 82.4 Å². The van der Waals surface area contributed by atoms with Gasteiger partial charge in [0, 0.05) is 0 Å². The molecule has 0 aliphatic rings. The second-order valence-corrected chi connectivity index (χ2v) is 4.09. The molecule has 0 atom stereocenters. The normalized spacial score (nSPS) is 12.4. The fraction of sp³-hybridized carbons (Fsp3) is 0.562. The van der Waals surface area contributed by atoms with Gasteiger partial charge in [-0.05, 0) is 19.3 Å². The van der Waals surface area contributed by atoms with Gasteiger partial charge < -0.3 is 0 Å². The van der Waals surface area contributed by atoms with E-state index in [1.807, 2.05) is 0 Å². The second kappa shape index (κ2) is 14.2. The first-order chi connectivity index (χ1) is 7.91. The fourth-order valence-corrected chi connectivity index (χ4v) is 1.42. The van der Waals surface area contributed by atoms with E-state index in [9.17, 15) is 0 Å². The van der Waals surface area contributed by atoms with E-state index in [2.05, 4.69) is 50.3 Å². The number of unbranched alkanes of at least 4 members (excludes halogenated alkanes) is 6. The van der Waals surface area contributed by atoms with Gasteiger partial charge in [-0.25, -0.2) is 0 Å². The van der Waals surface area contributed by atoms with E-state index in [1.54, 1.807) is 0 Å². The molecule has 0 aromatic rings. The predicted octanol–water partition coefficient (Wildman–Crippen LogP) is 5.63. The zero-order valence-corrected chi connectivity index (χ0v) is 10.8. The van der Waals surface area contributed by atoms with Gasteiger partial charge in [0.1, 0.15) is 0 Å². The summed E-state index contributed by atoms with van der Waals surface area (Å²) < 4.78 is 0. The first kappa shape index (κ1) is 15.2. The zero-order chi connectivity index (χ0) is 11.9. The minimum Gasteiger partial charge on any atom is -0.0845 e. The van der Waals surface area contributed by atoms with Crippen LogP contribution in [0.25, 0.3) is 0 Å². The Kier molecular flexibility index (Phi) is 13.5. The molecule has 91 valence electrons. The van der Waals surface area contributed by atoms with Crippen LogP contribution in [0.2, 0.25) is 0 Å². The van der Waals surface area contributed by atoms with Gasteiger partial charge in [0.15, 0.2) is 0 Å². The highest BCUT2D eigenvalue weighted by Gasteiger charge is 1.83. The molecule has 0 aliphatic heterocycles. The first-order valence-corrected chi connectivity index (χ1v) is 6.69. The Hall–Kier alpha value is -0.780. The molecule has 0 spiro atoms. The molecule has 0 unspecified atom stereocenters. The third-order valence-electron chi connectivity index (χ3n) is 2.45. The molecule has 0 saturated carbocycles. The van der Waals surface area contributed by atoms with Gasteiger partial charge >= 0.3 is 0 Å². The van der Waals surface area contributed by atoms with Gasteiger partial charge in [0.05, 0.1) is 0 Å². The van der Waals surface area contributed by atoms with Crippen LogP contribution in [0, 0.1) is 6.92 Å². The van der Waals surface area contributed by atoms with E-state index in [1.165, 1.54) is 44.9 Å². The van der Waals surface area contributed by atoms with Crippen molar-refractivity contribution < 1.29 is 0 Å². The smallest absolute Gasteiger partial charge is 0.0348 e. The minimum atomic E-state index is 1.08. The first-order valence-electron chi connectivity index (χ1n) is 6.69. The molecule has 0 saturated heterocycles. The Morgan fingerprint density at radius 1 is 0.750 bits per heavy atom. The van der Waals surface area contributed by atoms with Gasteiger partial charge in [-0.2, -0.15) is 0 Å². The van der Waals surface area contributed by atoms with Crippen LogP contribution in [0.4, 0.5) is 0 Å². The molecule has 0 amide bonds. The molecule has 16 heavy (non-hydrogen) atoms. The highest BCUT2D eigenvalue weighted by molar-refractivity contribution is 5.10. The lowest BCUT2D eigenvalue weighted by atomic mass is 10.1. The van der Waals surface area contributed by atoms with Crippen LogP contribution in [0.5, 0.6) is 0 Å². The van der Waals surface area contributed by atoms with Crippen LogP contribution in [-0.4, -0.2) is 0 Å². The van der Waals surface area contributed by atoms with E-state index in [4.69, 9.17) is 0 Å². The highest BCUT2D eigenvalue weighted by Crippen LogP contribution is 2.02. The average molecular weight is 219 g/mol. The lowest BCUT2D eigenvalue weighted by Gasteiger charge is -1.92. The molecule has 0 N–H and O–H groups in total. The molecule has 1 radical (unpaired) electrons. The number of rotatable bonds is 10. The molecule has 0 aromatic carbocycles. The molecule has 0 nitrogen and oxygen atoms in total. The zero-order valence-electron chi connectivity index (χ0n) is 10.8. The van der Waals surface area contributed by atoms with Crippen molar-refractivity contribution in [3.8, 4) is 0 Å². The van der Waals surface area contributed by atoms with Gasteiger partial charge in [0.25, 0.3) is 0 Å². The van der Waals surface area contributed by atoms with Gasteiger partial charge in [0.2, 0.25) is 0 Å². The van der Waals surface area contributed by atoms with Crippen molar-refractivity contribution >= 4 is 0 Å². The van der Waals surface area contributed by atoms with Crippen LogP contribution in [0.1, 0.15) is 58.3 Å². The Bertz CT molecular complexity index is 196. The van der Waals surface area contributed by atoms with Crippen molar-refractivity contribution in [2.75, 3.05) is 0 Å². The van der Waals surface area contributed by atoms with E-state index < -0.39 is 0 Å². The van der Waals surface area contributed by atoms with Crippen LogP contribution in [0.15, 0.2) is 36.5 Å². The van der Waals surface area contributed by atoms with Crippen molar-refractivity contribution in [1.82, 2.24) is 0 Å². The number of hydrogen-bond acceptors (Lipinski definition) is 0. The van der Waals surface area contributed by atoms with Crippen molar-refractivity contribution in [3.63, 3.8) is 0 Å². The van der Waals surface area contributed by atoms with Crippen LogP contribution < -0.4 is 0 Å². The largest absolute Gasteiger partial charge is 0.0845 e. The second-order valence-electron chi connectivity index (χ2n) is 4.09. The summed E-state index contributed by atoms with van der Waals surface area (Å²) in [5.74, 6) is 0. The topological polar surface area (TPSA) is 0 Å². The molecule has 0 heterocycles. The Morgan fingerprint density at radius 3 is 1.94 bits per heavy atom. The molecular weight excluding hydrogens is 192 g/mol. The lowest BCUT2D eigenvalue weighted by molar-refractivity contribution is 0.695. The van der Waals surface area contributed by atoms with Crippen LogP contribution >= 0.6 is 0 Å². The monoisotopic (exact) mass is 219 g/mol. The summed E-state index contributed by atoms with van der Waals surface area (Å²) in [7, 11) is 0. The van der Waals surface area contributed by atoms with E-state index in [0.29, 0.717) is 0 Å². The molecule has 0 fully saturated rings. The summed E-state index contributed by atoms with van der Waals surface area (Å²) in [6, 6.07) is 0. The van der Waals surface area contributed by atoms with E-state index >= 15 is 0 Å². The number of hydrogen-bond donors (Lipinski definition) is 0. The lowest BCUT2D eigenvalue weighted by Crippen LogP contribution is -1.73. The quantitative estimate of drug-likeness (QED) is 0.330. The molecule has 0 aliphatic carbocycles. The highest BCUT2D eigenvalue weighted by atomic mass is 13.9. The van der Waals surface area contributed by atoms with Gasteiger partial charge in [-0.15, -0.1) is 0 Å². The molecule has 0 rings (SSSR count). The van der Waals surface area contributed by atoms with Crippen molar-refractivity contribution in [2.45, 2.75) is 58.3 Å². The molecule has 0 bridgehead atoms. The van der Waals surface area contributed by atoms with E-state index in [0.717, 1.165) is 6.42 Å². The summed E-state index contributed by atoms with van der Waals surface area (Å²) in [6.07, 6.45) is 22.9. The SMILES string of the molecule is [CH2]CCCCC\C=C/C=C/C=C\CCCC. The summed E-state index contributed by atoms with van der Waals surface area (Å²) in [4.78, 5) is 0. The summed E-state index contributed by atoms with van der Waals surface area (Å²) in [6.45, 7) is 6.06. The third-order valence-corrected chi connectivity index (χ3v) is 2.45. The maximum atomic E-state index is 3.84. The van der Waals surface area contributed by atoms with Crippen LogP contribution in [-0.2, 0) is 0 Å². The van der Waals surface area contributed by atoms with Crippen molar-refractivity contribution in [2.24, 2.45) is 0 Å². The van der Waals surface area contributed by atoms with E-state index in [-0.39, 0.29) is 0 Å². The maximum Gasteiger partial charge on any atom is -0.0348 e. The Balaban J connectivity index is 3.30. The fourth-order valence-electron chi connectivity index (χ4n) is 1.42. The summed E-state index contributed by atoms with van der Waals surface area (Å²) in [5.41, 5.74) is 0. The van der Waals surface area contributed by atoms with Crippen molar-refractivity contribution in [3.05, 3.63) is 43.4 Å². The van der Waals surface area contributed by atoms with Gasteiger partial charge in [-0.3, -0.25) is 0 Å². The number of allylic oxidation sites excluding steroid dienone is 6. The summed E-state index contributed by atoms with van der Waals surface area (Å²) in [5, 5.41) is 0. The average Bonchev–Trinajstić information content (AvgIpc) is 2.31. The van der Waals surface area contributed by atoms with Crippen LogP contribution in [0.3, 0.4) is 0 Å². The Labute approximate surface area is 102 Å². The molecule has 0 aromatic heterocycles. The van der Waals surface area contributed by atoms with Crippen molar-refractivity contribution in [1.29, 1.82) is 0 Å². The molecule has 0 heteroatoms. The summed E-state index contributed by atoms with van der Waals surface area (Å²) >= 11 is 0. The Morgan fingerprint density at radius 2 is 1.38 bits per heavy atom. The predicted molar refractivity (Wildman–Crippen MR) is 75.4 cm³/mol. The molecular formula is C16H27. The maximum absolute atomic E-state index is 3.84. The minimum absolute atomic E-state index is 1.08. The standard InChI is InChI=1S/C16H27/c1-3-5-7-9-11-13-15-16-14-12-10-8-6-4-2/h10,12-16H,1,3-9,11H2,2H3/b12-10-,15-13-,16-14+.